The molecule has 0 aliphatic heterocycles. The van der Waals surface area contributed by atoms with E-state index in [4.69, 9.17) is 4.74 Å². The summed E-state index contributed by atoms with van der Waals surface area (Å²) in [5, 5.41) is 3.04. The number of nitrogens with one attached hydrogen (secondary N) is 1. The molecule has 88 valence electrons. The van der Waals surface area contributed by atoms with E-state index in [2.05, 4.69) is 26.2 Å². The van der Waals surface area contributed by atoms with Crippen molar-refractivity contribution in [3.05, 3.63) is 52.6 Å². The highest BCUT2D eigenvalue weighted by Gasteiger charge is 2.02. The average Bonchev–Trinajstić information content (AvgIpc) is 2.38. The lowest BCUT2D eigenvalue weighted by Gasteiger charge is -2.09. The van der Waals surface area contributed by atoms with Gasteiger partial charge in [-0.25, -0.2) is 4.98 Å². The number of halogens is 1. The predicted octanol–water partition coefficient (Wildman–Crippen LogP) is 3.46. The molecule has 2 rings (SSSR count). The molecule has 0 atom stereocenters. The Bertz CT molecular complexity index is 485. The monoisotopic (exact) mass is 292 g/mol. The summed E-state index contributed by atoms with van der Waals surface area (Å²) < 4.78 is 6.73. The van der Waals surface area contributed by atoms with Crippen LogP contribution in [0.1, 0.15) is 5.56 Å². The molecule has 0 saturated carbocycles. The second-order valence-corrected chi connectivity index (χ2v) is 4.42. The van der Waals surface area contributed by atoms with Crippen LogP contribution in [0.5, 0.6) is 5.75 Å². The second kappa shape index (κ2) is 5.68. The van der Waals surface area contributed by atoms with Crippen molar-refractivity contribution in [2.45, 2.75) is 6.61 Å². The van der Waals surface area contributed by atoms with Crippen LogP contribution in [0.2, 0.25) is 0 Å². The second-order valence-electron chi connectivity index (χ2n) is 3.50. The van der Waals surface area contributed by atoms with Gasteiger partial charge in [-0.15, -0.1) is 0 Å². The lowest BCUT2D eigenvalue weighted by Crippen LogP contribution is -2.02. The Hall–Kier alpha value is -1.55. The maximum atomic E-state index is 5.69. The van der Waals surface area contributed by atoms with Crippen LogP contribution in [0.15, 0.2) is 47.1 Å². The van der Waals surface area contributed by atoms with Crippen LogP contribution < -0.4 is 10.1 Å². The third-order valence-electron chi connectivity index (χ3n) is 2.34. The molecule has 1 aromatic heterocycles. The smallest absolute Gasteiger partial charge is 0.132 e. The van der Waals surface area contributed by atoms with Crippen LogP contribution in [-0.4, -0.2) is 12.0 Å². The molecule has 1 N–H and O–H groups in total. The Labute approximate surface area is 109 Å². The van der Waals surface area contributed by atoms with Crippen molar-refractivity contribution in [2.75, 3.05) is 12.4 Å². The highest BCUT2D eigenvalue weighted by Crippen LogP contribution is 2.18. The third kappa shape index (κ3) is 3.20. The number of hydrogen-bond acceptors (Lipinski definition) is 3. The van der Waals surface area contributed by atoms with Crippen LogP contribution in [0.25, 0.3) is 0 Å². The number of benzene rings is 1. The maximum Gasteiger partial charge on any atom is 0.132 e. The van der Waals surface area contributed by atoms with Gasteiger partial charge in [-0.05, 0) is 30.3 Å². The molecule has 2 aromatic rings. The van der Waals surface area contributed by atoms with Crippen molar-refractivity contribution in [1.82, 2.24) is 4.98 Å². The Morgan fingerprint density at radius 2 is 2.00 bits per heavy atom. The molecule has 1 heterocycles. The topological polar surface area (TPSA) is 34.2 Å². The van der Waals surface area contributed by atoms with Gasteiger partial charge in [0, 0.05) is 23.3 Å². The lowest BCUT2D eigenvalue weighted by atomic mass is 10.2. The van der Waals surface area contributed by atoms with Gasteiger partial charge < -0.3 is 10.1 Å². The summed E-state index contributed by atoms with van der Waals surface area (Å²) >= 11 is 3.39. The van der Waals surface area contributed by atoms with E-state index < -0.39 is 0 Å². The van der Waals surface area contributed by atoms with Crippen LogP contribution in [0, 0.1) is 0 Å². The molecule has 4 heteroatoms. The number of ether oxygens (including phenoxy) is 1. The van der Waals surface area contributed by atoms with Crippen LogP contribution in [0.4, 0.5) is 5.82 Å². The minimum absolute atomic E-state index is 0.506. The number of aromatic nitrogens is 1. The SMILES string of the molecule is CNc1ncccc1COc1ccc(Br)cc1. The van der Waals surface area contributed by atoms with Crippen molar-refractivity contribution in [1.29, 1.82) is 0 Å². The van der Waals surface area contributed by atoms with Gasteiger partial charge in [0.25, 0.3) is 0 Å². The molecular formula is C13H13BrN2O. The highest BCUT2D eigenvalue weighted by atomic mass is 79.9. The molecule has 0 bridgehead atoms. The first kappa shape index (κ1) is 11.9. The Balaban J connectivity index is 2.04. The molecule has 0 aliphatic carbocycles. The van der Waals surface area contributed by atoms with E-state index in [1.807, 2.05) is 43.4 Å². The minimum atomic E-state index is 0.506. The van der Waals surface area contributed by atoms with Gasteiger partial charge >= 0.3 is 0 Å². The number of rotatable bonds is 4. The van der Waals surface area contributed by atoms with Crippen molar-refractivity contribution < 1.29 is 4.74 Å². The molecule has 0 spiro atoms. The zero-order chi connectivity index (χ0) is 12.1. The summed E-state index contributed by atoms with van der Waals surface area (Å²) in [6, 6.07) is 11.7. The number of anilines is 1. The fraction of sp³-hybridized carbons (Fsp3) is 0.154. The van der Waals surface area contributed by atoms with Gasteiger partial charge in [0.05, 0.1) is 0 Å². The highest BCUT2D eigenvalue weighted by molar-refractivity contribution is 9.10. The molecule has 0 aliphatic rings. The number of pyridine rings is 1. The van der Waals surface area contributed by atoms with Crippen molar-refractivity contribution in [3.8, 4) is 5.75 Å². The van der Waals surface area contributed by atoms with Crippen molar-refractivity contribution in [2.24, 2.45) is 0 Å². The Morgan fingerprint density at radius 1 is 1.24 bits per heavy atom. The lowest BCUT2D eigenvalue weighted by molar-refractivity contribution is 0.306. The number of hydrogen-bond donors (Lipinski definition) is 1. The minimum Gasteiger partial charge on any atom is -0.489 e. The van der Waals surface area contributed by atoms with Crippen LogP contribution >= 0.6 is 15.9 Å². The fourth-order valence-electron chi connectivity index (χ4n) is 1.47. The van der Waals surface area contributed by atoms with E-state index >= 15 is 0 Å². The summed E-state index contributed by atoms with van der Waals surface area (Å²) in [4.78, 5) is 4.22. The molecule has 1 aromatic carbocycles. The first-order valence-electron chi connectivity index (χ1n) is 5.29. The number of nitrogens with zero attached hydrogens (tertiary/aromatic N) is 1. The maximum absolute atomic E-state index is 5.69. The summed E-state index contributed by atoms with van der Waals surface area (Å²) in [5.74, 6) is 1.70. The third-order valence-corrected chi connectivity index (χ3v) is 2.86. The van der Waals surface area contributed by atoms with E-state index in [9.17, 15) is 0 Å². The molecular weight excluding hydrogens is 280 g/mol. The van der Waals surface area contributed by atoms with E-state index in [0.717, 1.165) is 21.6 Å². The summed E-state index contributed by atoms with van der Waals surface area (Å²) in [5.41, 5.74) is 1.04. The zero-order valence-electron chi connectivity index (χ0n) is 9.48. The summed E-state index contributed by atoms with van der Waals surface area (Å²) in [7, 11) is 1.85. The molecule has 0 fully saturated rings. The standard InChI is InChI=1S/C13H13BrN2O/c1-15-13-10(3-2-8-16-13)9-17-12-6-4-11(14)5-7-12/h2-8H,9H2,1H3,(H,15,16). The first-order valence-corrected chi connectivity index (χ1v) is 6.09. The largest absolute Gasteiger partial charge is 0.489 e. The van der Waals surface area contributed by atoms with E-state index in [1.54, 1.807) is 6.20 Å². The van der Waals surface area contributed by atoms with Gasteiger partial charge in [-0.1, -0.05) is 22.0 Å². The van der Waals surface area contributed by atoms with Gasteiger partial charge in [0.2, 0.25) is 0 Å². The van der Waals surface area contributed by atoms with Gasteiger partial charge in [0.1, 0.15) is 18.2 Å². The fourth-order valence-corrected chi connectivity index (χ4v) is 1.74. The molecule has 0 saturated heterocycles. The van der Waals surface area contributed by atoms with Gasteiger partial charge in [0.15, 0.2) is 0 Å². The summed E-state index contributed by atoms with van der Waals surface area (Å²) in [6.07, 6.45) is 1.76. The molecule has 3 nitrogen and oxygen atoms in total. The zero-order valence-corrected chi connectivity index (χ0v) is 11.1. The Morgan fingerprint density at radius 3 is 2.71 bits per heavy atom. The normalized spacial score (nSPS) is 10.0. The molecule has 17 heavy (non-hydrogen) atoms. The van der Waals surface area contributed by atoms with E-state index in [1.165, 1.54) is 0 Å². The van der Waals surface area contributed by atoms with E-state index in [-0.39, 0.29) is 0 Å². The quantitative estimate of drug-likeness (QED) is 0.937. The summed E-state index contributed by atoms with van der Waals surface area (Å²) in [6.45, 7) is 0.506. The van der Waals surface area contributed by atoms with Crippen molar-refractivity contribution >= 4 is 21.7 Å². The van der Waals surface area contributed by atoms with Gasteiger partial charge in [-0.2, -0.15) is 0 Å². The predicted molar refractivity (Wildman–Crippen MR) is 72.3 cm³/mol. The molecule has 0 amide bonds. The van der Waals surface area contributed by atoms with E-state index in [0.29, 0.717) is 6.61 Å². The Kier molecular flexibility index (Phi) is 3.98. The first-order chi connectivity index (χ1) is 8.29. The van der Waals surface area contributed by atoms with Gasteiger partial charge in [-0.3, -0.25) is 0 Å². The van der Waals surface area contributed by atoms with Crippen molar-refractivity contribution in [3.63, 3.8) is 0 Å². The molecule has 0 unspecified atom stereocenters. The average molecular weight is 293 g/mol. The van der Waals surface area contributed by atoms with Crippen LogP contribution in [0.3, 0.4) is 0 Å². The molecule has 0 radical (unpaired) electrons. The van der Waals surface area contributed by atoms with Crippen LogP contribution in [-0.2, 0) is 6.61 Å².